The first-order chi connectivity index (χ1) is 14.8. The number of esters is 1. The highest BCUT2D eigenvalue weighted by Crippen LogP contribution is 2.35. The molecule has 0 aliphatic heterocycles. The predicted molar refractivity (Wildman–Crippen MR) is 121 cm³/mol. The molecular formula is C26H35NO4. The molecule has 1 fully saturated rings. The van der Waals surface area contributed by atoms with Crippen LogP contribution >= 0.6 is 0 Å². The predicted octanol–water partition coefficient (Wildman–Crippen LogP) is 5.80. The van der Waals surface area contributed by atoms with Gasteiger partial charge in [-0.3, -0.25) is 4.90 Å². The van der Waals surface area contributed by atoms with Crippen molar-refractivity contribution in [2.75, 3.05) is 7.11 Å². The molecule has 2 atom stereocenters. The molecule has 2 aliphatic rings. The maximum Gasteiger partial charge on any atom is 0.411 e. The number of nitrogens with zero attached hydrogens (tertiary/aromatic N) is 1. The number of hydrogen-bond acceptors (Lipinski definition) is 4. The first-order valence-electron chi connectivity index (χ1n) is 11.3. The summed E-state index contributed by atoms with van der Waals surface area (Å²) in [5.41, 5.74) is 2.49. The number of allylic oxidation sites excluding steroid dienone is 2. The van der Waals surface area contributed by atoms with E-state index in [0.717, 1.165) is 18.4 Å². The van der Waals surface area contributed by atoms with Gasteiger partial charge in [0.05, 0.1) is 13.2 Å². The van der Waals surface area contributed by atoms with Crippen molar-refractivity contribution < 1.29 is 19.1 Å². The molecule has 1 saturated carbocycles. The van der Waals surface area contributed by atoms with Crippen LogP contribution in [0.25, 0.3) is 0 Å². The molecule has 0 unspecified atom stereocenters. The highest BCUT2D eigenvalue weighted by Gasteiger charge is 2.36. The van der Waals surface area contributed by atoms with Gasteiger partial charge in [0.25, 0.3) is 0 Å². The lowest BCUT2D eigenvalue weighted by Gasteiger charge is -2.31. The minimum absolute atomic E-state index is 0.0359. The summed E-state index contributed by atoms with van der Waals surface area (Å²) >= 11 is 0. The van der Waals surface area contributed by atoms with Gasteiger partial charge in [-0.1, -0.05) is 54.5 Å². The van der Waals surface area contributed by atoms with Crippen LogP contribution in [-0.2, 0) is 20.8 Å². The molecular weight excluding hydrogens is 390 g/mol. The number of methoxy groups -OCH3 is 1. The van der Waals surface area contributed by atoms with Crippen LogP contribution in [0.1, 0.15) is 64.9 Å². The number of benzene rings is 1. The van der Waals surface area contributed by atoms with Crippen LogP contribution in [0.15, 0.2) is 53.6 Å². The molecule has 0 saturated heterocycles. The van der Waals surface area contributed by atoms with Crippen molar-refractivity contribution in [3.05, 3.63) is 59.2 Å². The SMILES string of the molecule is COC(=O)C1=C[C@H](N(Cc2ccccc2)C(=O)OC(C)(C)C)C[C@H]1C=C1CCCCC1. The molecule has 0 heterocycles. The molecule has 3 rings (SSSR count). The third-order valence-corrected chi connectivity index (χ3v) is 5.84. The maximum absolute atomic E-state index is 13.1. The van der Waals surface area contributed by atoms with E-state index in [1.54, 1.807) is 4.90 Å². The number of rotatable bonds is 5. The summed E-state index contributed by atoms with van der Waals surface area (Å²) in [5, 5.41) is 0. The summed E-state index contributed by atoms with van der Waals surface area (Å²) < 4.78 is 10.8. The van der Waals surface area contributed by atoms with E-state index in [1.165, 1.54) is 31.9 Å². The largest absolute Gasteiger partial charge is 0.466 e. The van der Waals surface area contributed by atoms with Crippen LogP contribution in [0.4, 0.5) is 4.79 Å². The summed E-state index contributed by atoms with van der Waals surface area (Å²) in [6.45, 7) is 6.03. The van der Waals surface area contributed by atoms with Crippen molar-refractivity contribution in [3.63, 3.8) is 0 Å². The second-order valence-corrected chi connectivity index (χ2v) is 9.50. The van der Waals surface area contributed by atoms with Crippen molar-refractivity contribution in [1.82, 2.24) is 4.90 Å². The zero-order valence-corrected chi connectivity index (χ0v) is 19.2. The lowest BCUT2D eigenvalue weighted by molar-refractivity contribution is -0.136. The van der Waals surface area contributed by atoms with Crippen molar-refractivity contribution in [2.45, 2.75) is 77.5 Å². The van der Waals surface area contributed by atoms with Gasteiger partial charge in [-0.25, -0.2) is 9.59 Å². The minimum Gasteiger partial charge on any atom is -0.466 e. The van der Waals surface area contributed by atoms with Gasteiger partial charge in [0.2, 0.25) is 0 Å². The Morgan fingerprint density at radius 2 is 1.77 bits per heavy atom. The number of amides is 1. The van der Waals surface area contributed by atoms with E-state index in [4.69, 9.17) is 9.47 Å². The normalized spacial score (nSPS) is 21.3. The molecule has 0 bridgehead atoms. The fourth-order valence-electron chi connectivity index (χ4n) is 4.37. The summed E-state index contributed by atoms with van der Waals surface area (Å²) in [6.07, 6.45) is 10.3. The number of ether oxygens (including phenoxy) is 2. The quantitative estimate of drug-likeness (QED) is 0.442. The van der Waals surface area contributed by atoms with E-state index >= 15 is 0 Å². The Kier molecular flexibility index (Phi) is 7.58. The van der Waals surface area contributed by atoms with Crippen LogP contribution in [0, 0.1) is 5.92 Å². The molecule has 0 aromatic heterocycles. The molecule has 168 valence electrons. The number of hydrogen-bond donors (Lipinski definition) is 0. The third-order valence-electron chi connectivity index (χ3n) is 5.84. The van der Waals surface area contributed by atoms with E-state index in [1.807, 2.05) is 57.2 Å². The average molecular weight is 426 g/mol. The standard InChI is InChI=1S/C26H35NO4/c1-26(2,3)31-25(29)27(18-20-13-9-6-10-14-20)22-16-21(23(17-22)24(28)30-4)15-19-11-7-5-8-12-19/h6,9-10,13-15,17,21-22H,5,7-8,11-12,16,18H2,1-4H3/t21-,22-/m1/s1. The first-order valence-corrected chi connectivity index (χ1v) is 11.3. The van der Waals surface area contributed by atoms with Crippen molar-refractivity contribution in [3.8, 4) is 0 Å². The van der Waals surface area contributed by atoms with E-state index in [2.05, 4.69) is 6.08 Å². The van der Waals surface area contributed by atoms with Crippen molar-refractivity contribution in [1.29, 1.82) is 0 Å². The Balaban J connectivity index is 1.88. The number of carbonyl (C=O) groups excluding carboxylic acids is 2. The fourth-order valence-corrected chi connectivity index (χ4v) is 4.37. The zero-order chi connectivity index (χ0) is 22.4. The van der Waals surface area contributed by atoms with Gasteiger partial charge >= 0.3 is 12.1 Å². The van der Waals surface area contributed by atoms with Crippen LogP contribution in [0.5, 0.6) is 0 Å². The third kappa shape index (κ3) is 6.46. The smallest absolute Gasteiger partial charge is 0.411 e. The van der Waals surface area contributed by atoms with Gasteiger partial charge in [-0.15, -0.1) is 0 Å². The van der Waals surface area contributed by atoms with Gasteiger partial charge in [0.1, 0.15) is 5.60 Å². The van der Waals surface area contributed by atoms with Crippen LogP contribution in [0.3, 0.4) is 0 Å². The maximum atomic E-state index is 13.1. The average Bonchev–Trinajstić information content (AvgIpc) is 3.15. The number of carbonyl (C=O) groups is 2. The van der Waals surface area contributed by atoms with Crippen LogP contribution < -0.4 is 0 Å². The Morgan fingerprint density at radius 3 is 2.39 bits per heavy atom. The lowest BCUT2D eigenvalue weighted by atomic mass is 9.89. The highest BCUT2D eigenvalue weighted by molar-refractivity contribution is 5.90. The van der Waals surface area contributed by atoms with Gasteiger partial charge in [0.15, 0.2) is 0 Å². The van der Waals surface area contributed by atoms with E-state index < -0.39 is 5.60 Å². The molecule has 0 spiro atoms. The fraction of sp³-hybridized carbons (Fsp3) is 0.538. The van der Waals surface area contributed by atoms with Crippen molar-refractivity contribution >= 4 is 12.1 Å². The molecule has 1 aromatic carbocycles. The molecule has 31 heavy (non-hydrogen) atoms. The Bertz CT molecular complexity index is 827. The molecule has 5 nitrogen and oxygen atoms in total. The molecule has 1 amide bonds. The first kappa shape index (κ1) is 23.1. The molecule has 1 aromatic rings. The Hall–Kier alpha value is -2.56. The van der Waals surface area contributed by atoms with Gasteiger partial charge < -0.3 is 9.47 Å². The second-order valence-electron chi connectivity index (χ2n) is 9.50. The minimum atomic E-state index is -0.594. The topological polar surface area (TPSA) is 55.8 Å². The van der Waals surface area contributed by atoms with Crippen LogP contribution in [-0.4, -0.2) is 35.7 Å². The van der Waals surface area contributed by atoms with Gasteiger partial charge in [-0.2, -0.15) is 0 Å². The van der Waals surface area contributed by atoms with E-state index in [-0.39, 0.29) is 24.0 Å². The van der Waals surface area contributed by atoms with E-state index in [0.29, 0.717) is 18.5 Å². The molecule has 2 aliphatic carbocycles. The molecule has 0 N–H and O–H groups in total. The van der Waals surface area contributed by atoms with Crippen molar-refractivity contribution in [2.24, 2.45) is 5.92 Å². The lowest BCUT2D eigenvalue weighted by Crippen LogP contribution is -2.41. The summed E-state index contributed by atoms with van der Waals surface area (Å²) in [4.78, 5) is 27.4. The van der Waals surface area contributed by atoms with E-state index in [9.17, 15) is 9.59 Å². The van der Waals surface area contributed by atoms with Gasteiger partial charge in [0, 0.05) is 18.0 Å². The second kappa shape index (κ2) is 10.2. The summed E-state index contributed by atoms with van der Waals surface area (Å²) in [6, 6.07) is 9.65. The summed E-state index contributed by atoms with van der Waals surface area (Å²) in [5.74, 6) is -0.352. The van der Waals surface area contributed by atoms with Crippen LogP contribution in [0.2, 0.25) is 0 Å². The summed E-state index contributed by atoms with van der Waals surface area (Å²) in [7, 11) is 1.41. The Labute approximate surface area is 186 Å². The Morgan fingerprint density at radius 1 is 1.10 bits per heavy atom. The van der Waals surface area contributed by atoms with Gasteiger partial charge in [-0.05, 0) is 58.4 Å². The zero-order valence-electron chi connectivity index (χ0n) is 19.2. The molecule has 5 heteroatoms. The molecule has 0 radical (unpaired) electrons. The highest BCUT2D eigenvalue weighted by atomic mass is 16.6. The monoisotopic (exact) mass is 425 g/mol.